The molecular formula is C16H20N4O4S. The van der Waals surface area contributed by atoms with Gasteiger partial charge in [0.05, 0.1) is 5.69 Å². The van der Waals surface area contributed by atoms with Crippen LogP contribution in [0.1, 0.15) is 17.8 Å². The van der Waals surface area contributed by atoms with E-state index in [0.717, 1.165) is 5.69 Å². The van der Waals surface area contributed by atoms with E-state index >= 15 is 0 Å². The lowest BCUT2D eigenvalue weighted by Crippen LogP contribution is -2.44. The van der Waals surface area contributed by atoms with Crippen molar-refractivity contribution in [1.29, 1.82) is 0 Å². The van der Waals surface area contributed by atoms with Crippen LogP contribution < -0.4 is 16.6 Å². The van der Waals surface area contributed by atoms with Gasteiger partial charge in [-0.1, -0.05) is 6.07 Å². The van der Waals surface area contributed by atoms with Gasteiger partial charge in [0, 0.05) is 11.8 Å². The average molecular weight is 364 g/mol. The summed E-state index contributed by atoms with van der Waals surface area (Å²) in [6.45, 7) is 1.65. The first-order valence-corrected chi connectivity index (χ1v) is 9.01. The number of primary amides is 1. The van der Waals surface area contributed by atoms with Crippen LogP contribution in [0.3, 0.4) is 0 Å². The molecule has 9 heteroatoms. The number of carbonyl (C=O) groups excluding carboxylic acids is 2. The van der Waals surface area contributed by atoms with Gasteiger partial charge in [-0.05, 0) is 37.5 Å². The molecule has 2 amide bonds. The second-order valence-corrected chi connectivity index (χ2v) is 6.38. The molecule has 25 heavy (non-hydrogen) atoms. The Kier molecular flexibility index (Phi) is 6.40. The first-order chi connectivity index (χ1) is 11.9. The molecule has 0 saturated carbocycles. The summed E-state index contributed by atoms with van der Waals surface area (Å²) in [6, 6.07) is 5.01. The fourth-order valence-corrected chi connectivity index (χ4v) is 2.81. The standard InChI is InChI=1S/C16H20N4O4S/c1-10-4-3-5-13-18-11(8-14(21)20(10)13)9-24-15(22)12(6-7-25-2)19-16(17)23/h3-5,8,12H,6-7,9H2,1-2H3,(H3,17,19,23)/t12-/m1/s1. The van der Waals surface area contributed by atoms with E-state index in [4.69, 9.17) is 10.5 Å². The van der Waals surface area contributed by atoms with Crippen LogP contribution in [0.15, 0.2) is 29.1 Å². The SMILES string of the molecule is CSCC[C@@H](NC(N)=O)C(=O)OCc1cc(=O)n2c(C)cccc2n1. The molecule has 2 heterocycles. The average Bonchev–Trinajstić information content (AvgIpc) is 2.56. The van der Waals surface area contributed by atoms with Crippen molar-refractivity contribution in [2.24, 2.45) is 5.73 Å². The van der Waals surface area contributed by atoms with Crippen molar-refractivity contribution in [2.75, 3.05) is 12.0 Å². The highest BCUT2D eigenvalue weighted by atomic mass is 32.2. The summed E-state index contributed by atoms with van der Waals surface area (Å²) < 4.78 is 6.67. The van der Waals surface area contributed by atoms with E-state index in [-0.39, 0.29) is 12.2 Å². The Labute approximate surface area is 148 Å². The van der Waals surface area contributed by atoms with Gasteiger partial charge in [-0.3, -0.25) is 9.20 Å². The molecule has 0 radical (unpaired) electrons. The van der Waals surface area contributed by atoms with Crippen molar-refractivity contribution in [3.8, 4) is 0 Å². The maximum Gasteiger partial charge on any atom is 0.329 e. The van der Waals surface area contributed by atoms with Gasteiger partial charge in [-0.25, -0.2) is 14.6 Å². The number of carbonyl (C=O) groups is 2. The highest BCUT2D eigenvalue weighted by Crippen LogP contribution is 2.07. The largest absolute Gasteiger partial charge is 0.458 e. The van der Waals surface area contributed by atoms with Crippen molar-refractivity contribution in [2.45, 2.75) is 26.0 Å². The molecule has 8 nitrogen and oxygen atoms in total. The number of aromatic nitrogens is 2. The Morgan fingerprint density at radius 1 is 1.44 bits per heavy atom. The van der Waals surface area contributed by atoms with Crippen molar-refractivity contribution in [3.63, 3.8) is 0 Å². The van der Waals surface area contributed by atoms with Crippen LogP contribution in [0.2, 0.25) is 0 Å². The quantitative estimate of drug-likeness (QED) is 0.703. The Morgan fingerprint density at radius 3 is 2.88 bits per heavy atom. The maximum absolute atomic E-state index is 12.2. The molecule has 1 atom stereocenters. The number of rotatable bonds is 7. The number of nitrogens with zero attached hydrogens (tertiary/aromatic N) is 2. The minimum atomic E-state index is -0.825. The Bertz CT molecular complexity index is 836. The molecule has 2 rings (SSSR count). The van der Waals surface area contributed by atoms with Crippen molar-refractivity contribution >= 4 is 29.4 Å². The number of amides is 2. The fourth-order valence-electron chi connectivity index (χ4n) is 2.34. The van der Waals surface area contributed by atoms with Crippen LogP contribution in [0.4, 0.5) is 4.79 Å². The van der Waals surface area contributed by atoms with Crippen LogP contribution in [0, 0.1) is 6.92 Å². The van der Waals surface area contributed by atoms with Gasteiger partial charge in [0.15, 0.2) is 0 Å². The monoisotopic (exact) mass is 364 g/mol. The maximum atomic E-state index is 12.2. The van der Waals surface area contributed by atoms with E-state index in [1.807, 2.05) is 19.2 Å². The van der Waals surface area contributed by atoms with Crippen molar-refractivity contribution in [3.05, 3.63) is 46.0 Å². The molecule has 3 N–H and O–H groups in total. The first kappa shape index (κ1) is 18.8. The number of ether oxygens (including phenoxy) is 1. The van der Waals surface area contributed by atoms with Crippen LogP contribution in [-0.2, 0) is 16.1 Å². The zero-order valence-corrected chi connectivity index (χ0v) is 14.8. The Balaban J connectivity index is 2.11. The topological polar surface area (TPSA) is 116 Å². The van der Waals surface area contributed by atoms with E-state index in [2.05, 4.69) is 10.3 Å². The normalized spacial score (nSPS) is 11.9. The fraction of sp³-hybridized carbons (Fsp3) is 0.375. The predicted octanol–water partition coefficient (Wildman–Crippen LogP) is 0.836. The second kappa shape index (κ2) is 8.52. The number of urea groups is 1. The van der Waals surface area contributed by atoms with Gasteiger partial charge in [-0.2, -0.15) is 11.8 Å². The lowest BCUT2D eigenvalue weighted by Gasteiger charge is -2.16. The van der Waals surface area contributed by atoms with Crippen molar-refractivity contribution < 1.29 is 14.3 Å². The van der Waals surface area contributed by atoms with Crippen molar-refractivity contribution in [1.82, 2.24) is 14.7 Å². The summed E-state index contributed by atoms with van der Waals surface area (Å²) >= 11 is 1.54. The van der Waals surface area contributed by atoms with E-state index in [1.54, 1.807) is 12.1 Å². The van der Waals surface area contributed by atoms with E-state index in [0.29, 0.717) is 23.5 Å². The molecular weight excluding hydrogens is 344 g/mol. The minimum absolute atomic E-state index is 0.158. The zero-order chi connectivity index (χ0) is 18.4. The summed E-state index contributed by atoms with van der Waals surface area (Å²) in [6.07, 6.45) is 2.29. The molecule has 0 bridgehead atoms. The van der Waals surface area contributed by atoms with Crippen LogP contribution in [0.25, 0.3) is 5.65 Å². The Morgan fingerprint density at radius 2 is 2.20 bits per heavy atom. The summed E-state index contributed by atoms with van der Waals surface area (Å²) in [5, 5.41) is 2.36. The number of thioether (sulfide) groups is 1. The van der Waals surface area contributed by atoms with E-state index < -0.39 is 18.0 Å². The molecule has 0 aliphatic rings. The molecule has 0 aromatic carbocycles. The predicted molar refractivity (Wildman–Crippen MR) is 95.5 cm³/mol. The number of nitrogens with two attached hydrogens (primary N) is 1. The summed E-state index contributed by atoms with van der Waals surface area (Å²) in [4.78, 5) is 39.7. The third kappa shape index (κ3) is 4.96. The number of fused-ring (bicyclic) bond motifs is 1. The highest BCUT2D eigenvalue weighted by Gasteiger charge is 2.21. The molecule has 134 valence electrons. The van der Waals surface area contributed by atoms with Crippen LogP contribution in [0.5, 0.6) is 0 Å². The third-order valence-electron chi connectivity index (χ3n) is 3.51. The minimum Gasteiger partial charge on any atom is -0.458 e. The van der Waals surface area contributed by atoms with Crippen LogP contribution >= 0.6 is 11.8 Å². The smallest absolute Gasteiger partial charge is 0.329 e. The van der Waals surface area contributed by atoms with Gasteiger partial charge >= 0.3 is 12.0 Å². The zero-order valence-electron chi connectivity index (χ0n) is 14.0. The number of hydrogen-bond donors (Lipinski definition) is 2. The molecule has 0 fully saturated rings. The third-order valence-corrected chi connectivity index (χ3v) is 4.15. The molecule has 0 aliphatic carbocycles. The first-order valence-electron chi connectivity index (χ1n) is 7.62. The van der Waals surface area contributed by atoms with E-state index in [9.17, 15) is 14.4 Å². The molecule has 0 saturated heterocycles. The molecule has 2 aromatic heterocycles. The van der Waals surface area contributed by atoms with Gasteiger partial charge in [0.2, 0.25) is 0 Å². The second-order valence-electron chi connectivity index (χ2n) is 5.40. The highest BCUT2D eigenvalue weighted by molar-refractivity contribution is 7.98. The lowest BCUT2D eigenvalue weighted by molar-refractivity contribution is -0.147. The van der Waals surface area contributed by atoms with E-state index in [1.165, 1.54) is 22.2 Å². The number of pyridine rings is 1. The Hall–Kier alpha value is -2.55. The molecule has 0 aliphatic heterocycles. The number of esters is 1. The van der Waals surface area contributed by atoms with Gasteiger partial charge < -0.3 is 15.8 Å². The summed E-state index contributed by atoms with van der Waals surface area (Å²) in [5.74, 6) is 0.0497. The summed E-state index contributed by atoms with van der Waals surface area (Å²) in [5.41, 5.74) is 6.42. The summed E-state index contributed by atoms with van der Waals surface area (Å²) in [7, 11) is 0. The number of hydrogen-bond acceptors (Lipinski definition) is 6. The van der Waals surface area contributed by atoms with Gasteiger partial charge in [-0.15, -0.1) is 0 Å². The number of nitrogens with one attached hydrogen (secondary N) is 1. The van der Waals surface area contributed by atoms with Crippen LogP contribution in [-0.4, -0.2) is 39.4 Å². The lowest BCUT2D eigenvalue weighted by atomic mass is 10.2. The number of aryl methyl sites for hydroxylation is 1. The van der Waals surface area contributed by atoms with Gasteiger partial charge in [0.1, 0.15) is 18.3 Å². The molecule has 2 aromatic rings. The molecule has 0 spiro atoms. The molecule has 0 unspecified atom stereocenters. The van der Waals surface area contributed by atoms with Gasteiger partial charge in [0.25, 0.3) is 5.56 Å².